The van der Waals surface area contributed by atoms with Gasteiger partial charge in [-0.15, -0.1) is 0 Å². The van der Waals surface area contributed by atoms with E-state index in [1.807, 2.05) is 0 Å². The van der Waals surface area contributed by atoms with Gasteiger partial charge in [0.1, 0.15) is 12.4 Å². The third kappa shape index (κ3) is 6.41. The van der Waals surface area contributed by atoms with E-state index in [0.29, 0.717) is 40.3 Å². The van der Waals surface area contributed by atoms with E-state index >= 15 is 0 Å². The highest BCUT2D eigenvalue weighted by Gasteiger charge is 2.15. The zero-order valence-corrected chi connectivity index (χ0v) is 17.6. The van der Waals surface area contributed by atoms with Gasteiger partial charge in [-0.25, -0.2) is 0 Å². The molecule has 0 spiro atoms. The number of amides is 1. The third-order valence-corrected chi connectivity index (χ3v) is 4.21. The molecule has 0 saturated carbocycles. The molecule has 5 nitrogen and oxygen atoms in total. The van der Waals surface area contributed by atoms with Crippen molar-refractivity contribution in [2.75, 3.05) is 25.6 Å². The van der Waals surface area contributed by atoms with Crippen molar-refractivity contribution >= 4 is 68.1 Å². The fourth-order valence-corrected chi connectivity index (χ4v) is 3.10. The second-order valence-electron chi connectivity index (χ2n) is 5.05. The Morgan fingerprint density at radius 3 is 2.50 bits per heavy atom. The number of nitrogens with one attached hydrogen (secondary N) is 2. The first kappa shape index (κ1) is 20.9. The van der Waals surface area contributed by atoms with E-state index in [-0.39, 0.29) is 5.11 Å². The first-order chi connectivity index (χ1) is 12.4. The highest BCUT2D eigenvalue weighted by molar-refractivity contribution is 9.10. The van der Waals surface area contributed by atoms with Crippen LogP contribution in [0.4, 0.5) is 5.69 Å². The van der Waals surface area contributed by atoms with E-state index in [0.717, 1.165) is 4.47 Å². The maximum Gasteiger partial charge on any atom is 0.261 e. The van der Waals surface area contributed by atoms with Crippen LogP contribution in [0.2, 0.25) is 10.0 Å². The summed E-state index contributed by atoms with van der Waals surface area (Å²) in [6.07, 6.45) is 0. The summed E-state index contributed by atoms with van der Waals surface area (Å²) >= 11 is 20.4. The van der Waals surface area contributed by atoms with Crippen LogP contribution in [-0.2, 0) is 4.74 Å². The summed E-state index contributed by atoms with van der Waals surface area (Å²) in [6, 6.07) is 10.0. The minimum absolute atomic E-state index is 0.108. The number of carbonyl (C=O) groups excluding carboxylic acids is 1. The zero-order chi connectivity index (χ0) is 19.1. The van der Waals surface area contributed by atoms with E-state index in [9.17, 15) is 4.79 Å². The molecule has 9 heteroatoms. The molecule has 2 aromatic carbocycles. The van der Waals surface area contributed by atoms with Gasteiger partial charge in [0.15, 0.2) is 5.11 Å². The maximum atomic E-state index is 12.6. The standard InChI is InChI=1S/C17H15BrCl2N2O3S/c1-24-4-5-25-15-3-2-10(18)6-14(15)16(23)22-17(26)21-13-8-11(19)7-12(20)9-13/h2-3,6-9H,4-5H2,1H3,(H2,21,22,23,26). The largest absolute Gasteiger partial charge is 0.490 e. The summed E-state index contributed by atoms with van der Waals surface area (Å²) < 4.78 is 11.3. The van der Waals surface area contributed by atoms with Crippen LogP contribution in [0, 0.1) is 0 Å². The van der Waals surface area contributed by atoms with Gasteiger partial charge in [0.25, 0.3) is 5.91 Å². The van der Waals surface area contributed by atoms with Gasteiger partial charge >= 0.3 is 0 Å². The Kier molecular flexibility index (Phi) is 8.12. The predicted octanol–water partition coefficient (Wildman–Crippen LogP) is 4.91. The van der Waals surface area contributed by atoms with Crippen LogP contribution < -0.4 is 15.4 Å². The number of anilines is 1. The van der Waals surface area contributed by atoms with Crippen molar-refractivity contribution in [3.8, 4) is 5.75 Å². The number of methoxy groups -OCH3 is 1. The Bertz CT molecular complexity index is 800. The lowest BCUT2D eigenvalue weighted by atomic mass is 10.2. The molecule has 0 aromatic heterocycles. The lowest BCUT2D eigenvalue weighted by Crippen LogP contribution is -2.34. The van der Waals surface area contributed by atoms with Crippen LogP contribution >= 0.6 is 51.3 Å². The molecular weight excluding hydrogens is 463 g/mol. The summed E-state index contributed by atoms with van der Waals surface area (Å²) in [4.78, 5) is 12.6. The Balaban J connectivity index is 2.08. The normalized spacial score (nSPS) is 10.3. The second-order valence-corrected chi connectivity index (χ2v) is 7.24. The van der Waals surface area contributed by atoms with Crippen molar-refractivity contribution in [2.45, 2.75) is 0 Å². The molecule has 0 aliphatic rings. The van der Waals surface area contributed by atoms with Crippen LogP contribution in [0.1, 0.15) is 10.4 Å². The lowest BCUT2D eigenvalue weighted by molar-refractivity contribution is 0.0969. The third-order valence-electron chi connectivity index (χ3n) is 3.08. The number of halogens is 3. The van der Waals surface area contributed by atoms with Crippen LogP contribution in [0.25, 0.3) is 0 Å². The smallest absolute Gasteiger partial charge is 0.261 e. The highest BCUT2D eigenvalue weighted by atomic mass is 79.9. The number of hydrogen-bond donors (Lipinski definition) is 2. The van der Waals surface area contributed by atoms with Crippen molar-refractivity contribution in [1.29, 1.82) is 0 Å². The van der Waals surface area contributed by atoms with E-state index in [1.54, 1.807) is 43.5 Å². The van der Waals surface area contributed by atoms with E-state index in [1.165, 1.54) is 0 Å². The van der Waals surface area contributed by atoms with Crippen LogP contribution in [0.3, 0.4) is 0 Å². The zero-order valence-electron chi connectivity index (χ0n) is 13.6. The van der Waals surface area contributed by atoms with Gasteiger partial charge < -0.3 is 14.8 Å². The molecule has 0 atom stereocenters. The summed E-state index contributed by atoms with van der Waals surface area (Å²) in [5, 5.41) is 6.49. The van der Waals surface area contributed by atoms with Gasteiger partial charge in [0.05, 0.1) is 12.2 Å². The number of thiocarbonyl (C=S) groups is 1. The molecule has 0 saturated heterocycles. The average molecular weight is 478 g/mol. The van der Waals surface area contributed by atoms with Gasteiger partial charge in [-0.3, -0.25) is 10.1 Å². The molecule has 1 amide bonds. The summed E-state index contributed by atoms with van der Waals surface area (Å²) in [7, 11) is 1.57. The van der Waals surface area contributed by atoms with E-state index in [2.05, 4.69) is 26.6 Å². The number of benzene rings is 2. The molecule has 26 heavy (non-hydrogen) atoms. The Hall–Kier alpha value is -1.38. The van der Waals surface area contributed by atoms with Crippen LogP contribution in [0.5, 0.6) is 5.75 Å². The monoisotopic (exact) mass is 476 g/mol. The first-order valence-corrected chi connectivity index (χ1v) is 9.34. The SMILES string of the molecule is COCCOc1ccc(Br)cc1C(=O)NC(=S)Nc1cc(Cl)cc(Cl)c1. The molecule has 2 rings (SSSR count). The Morgan fingerprint density at radius 1 is 1.15 bits per heavy atom. The van der Waals surface area contributed by atoms with E-state index < -0.39 is 5.91 Å². The molecule has 2 N–H and O–H groups in total. The minimum Gasteiger partial charge on any atom is -0.490 e. The van der Waals surface area contributed by atoms with Crippen molar-refractivity contribution in [3.63, 3.8) is 0 Å². The molecule has 0 radical (unpaired) electrons. The minimum atomic E-state index is -0.413. The molecule has 2 aromatic rings. The van der Waals surface area contributed by atoms with Gasteiger partial charge in [-0.1, -0.05) is 39.1 Å². The number of carbonyl (C=O) groups is 1. The van der Waals surface area contributed by atoms with Crippen LogP contribution in [-0.4, -0.2) is 31.3 Å². The maximum absolute atomic E-state index is 12.6. The van der Waals surface area contributed by atoms with Crippen LogP contribution in [0.15, 0.2) is 40.9 Å². The van der Waals surface area contributed by atoms with Gasteiger partial charge in [-0.05, 0) is 48.6 Å². The lowest BCUT2D eigenvalue weighted by Gasteiger charge is -2.13. The van der Waals surface area contributed by atoms with Gasteiger partial charge in [0.2, 0.25) is 0 Å². The topological polar surface area (TPSA) is 59.6 Å². The summed E-state index contributed by atoms with van der Waals surface area (Å²) in [5.74, 6) is 0.0145. The average Bonchev–Trinajstić information content (AvgIpc) is 2.55. The molecule has 0 fully saturated rings. The number of ether oxygens (including phenoxy) is 2. The highest BCUT2D eigenvalue weighted by Crippen LogP contribution is 2.24. The molecule has 0 heterocycles. The van der Waals surface area contributed by atoms with Crippen molar-refractivity contribution in [2.24, 2.45) is 0 Å². The first-order valence-electron chi connectivity index (χ1n) is 7.39. The summed E-state index contributed by atoms with van der Waals surface area (Å²) in [5.41, 5.74) is 0.905. The fraction of sp³-hybridized carbons (Fsp3) is 0.176. The molecule has 0 aliphatic carbocycles. The predicted molar refractivity (Wildman–Crippen MR) is 112 cm³/mol. The van der Waals surface area contributed by atoms with Crippen molar-refractivity contribution in [1.82, 2.24) is 5.32 Å². The fourth-order valence-electron chi connectivity index (χ4n) is 2.00. The number of rotatable bonds is 6. The Labute approximate surface area is 175 Å². The molecule has 0 aliphatic heterocycles. The van der Waals surface area contributed by atoms with Crippen molar-refractivity contribution in [3.05, 3.63) is 56.5 Å². The van der Waals surface area contributed by atoms with E-state index in [4.69, 9.17) is 44.9 Å². The van der Waals surface area contributed by atoms with Gasteiger partial charge in [0, 0.05) is 27.3 Å². The molecular formula is C17H15BrCl2N2O3S. The molecule has 0 unspecified atom stereocenters. The second kappa shape index (κ2) is 10.1. The number of hydrogen-bond acceptors (Lipinski definition) is 4. The van der Waals surface area contributed by atoms with Gasteiger partial charge in [-0.2, -0.15) is 0 Å². The molecule has 0 bridgehead atoms. The molecule has 138 valence electrons. The quantitative estimate of drug-likeness (QED) is 0.457. The van der Waals surface area contributed by atoms with Crippen molar-refractivity contribution < 1.29 is 14.3 Å². The summed E-state index contributed by atoms with van der Waals surface area (Å²) in [6.45, 7) is 0.731. The Morgan fingerprint density at radius 2 is 1.85 bits per heavy atom.